The second-order valence-corrected chi connectivity index (χ2v) is 5.02. The van der Waals surface area contributed by atoms with Crippen LogP contribution in [0, 0.1) is 0 Å². The summed E-state index contributed by atoms with van der Waals surface area (Å²) in [6.45, 7) is 0. The minimum Gasteiger partial charge on any atom is -0.478 e. The van der Waals surface area contributed by atoms with Gasteiger partial charge in [0.05, 0.1) is 11.1 Å². The van der Waals surface area contributed by atoms with Crippen LogP contribution in [0.2, 0.25) is 0 Å². The van der Waals surface area contributed by atoms with E-state index in [4.69, 9.17) is 9.84 Å². The van der Waals surface area contributed by atoms with Crippen LogP contribution in [-0.2, 0) is 6.18 Å². The van der Waals surface area contributed by atoms with E-state index >= 15 is 0 Å². The van der Waals surface area contributed by atoms with Crippen molar-refractivity contribution in [2.75, 3.05) is 0 Å². The van der Waals surface area contributed by atoms with Gasteiger partial charge in [0.15, 0.2) is 0 Å². The van der Waals surface area contributed by atoms with Gasteiger partial charge in [0.1, 0.15) is 11.5 Å². The van der Waals surface area contributed by atoms with Crippen LogP contribution in [-0.4, -0.2) is 11.1 Å². The number of carbonyl (C=O) groups is 1. The van der Waals surface area contributed by atoms with Gasteiger partial charge in [-0.2, -0.15) is 13.2 Å². The molecule has 7 heteroatoms. The van der Waals surface area contributed by atoms with E-state index in [0.29, 0.717) is 4.47 Å². The first-order chi connectivity index (χ1) is 9.75. The summed E-state index contributed by atoms with van der Waals surface area (Å²) in [5.74, 6) is -1.06. The standard InChI is InChI=1S/C14H8BrF3O3/c15-10-4-8(13(19)20)5-12(7-10)21-11-3-1-2-9(6-11)14(16,17)18/h1-7H,(H,19,20). The number of alkyl halides is 3. The third-order valence-corrected chi connectivity index (χ3v) is 2.97. The lowest BCUT2D eigenvalue weighted by atomic mass is 10.2. The predicted octanol–water partition coefficient (Wildman–Crippen LogP) is 4.96. The molecule has 2 aromatic carbocycles. The lowest BCUT2D eigenvalue weighted by Gasteiger charge is -2.10. The molecule has 110 valence electrons. The maximum absolute atomic E-state index is 12.6. The van der Waals surface area contributed by atoms with Crippen molar-refractivity contribution in [3.05, 3.63) is 58.1 Å². The minimum atomic E-state index is -4.47. The van der Waals surface area contributed by atoms with E-state index in [0.717, 1.165) is 12.1 Å². The molecule has 0 saturated carbocycles. The molecule has 0 bridgehead atoms. The molecule has 0 saturated heterocycles. The molecule has 3 nitrogen and oxygen atoms in total. The van der Waals surface area contributed by atoms with Crippen LogP contribution >= 0.6 is 15.9 Å². The van der Waals surface area contributed by atoms with Crippen molar-refractivity contribution >= 4 is 21.9 Å². The summed E-state index contributed by atoms with van der Waals surface area (Å²) in [4.78, 5) is 10.9. The summed E-state index contributed by atoms with van der Waals surface area (Å²) >= 11 is 3.12. The Morgan fingerprint density at radius 3 is 2.43 bits per heavy atom. The average molecular weight is 361 g/mol. The zero-order valence-corrected chi connectivity index (χ0v) is 11.9. The van der Waals surface area contributed by atoms with E-state index in [-0.39, 0.29) is 17.1 Å². The van der Waals surface area contributed by atoms with Crippen molar-refractivity contribution in [3.63, 3.8) is 0 Å². The van der Waals surface area contributed by atoms with Crippen molar-refractivity contribution in [2.24, 2.45) is 0 Å². The number of carboxylic acid groups (broad SMARTS) is 1. The van der Waals surface area contributed by atoms with Crippen molar-refractivity contribution in [2.45, 2.75) is 6.18 Å². The van der Waals surface area contributed by atoms with E-state index in [1.54, 1.807) is 0 Å². The van der Waals surface area contributed by atoms with E-state index in [1.807, 2.05) is 0 Å². The highest BCUT2D eigenvalue weighted by Gasteiger charge is 2.30. The van der Waals surface area contributed by atoms with E-state index in [2.05, 4.69) is 15.9 Å². The van der Waals surface area contributed by atoms with E-state index in [9.17, 15) is 18.0 Å². The Bertz CT molecular complexity index is 683. The number of benzene rings is 2. The predicted molar refractivity (Wildman–Crippen MR) is 72.6 cm³/mol. The first-order valence-electron chi connectivity index (χ1n) is 5.65. The van der Waals surface area contributed by atoms with Gasteiger partial charge >= 0.3 is 12.1 Å². The highest BCUT2D eigenvalue weighted by molar-refractivity contribution is 9.10. The molecule has 2 aromatic rings. The summed E-state index contributed by atoms with van der Waals surface area (Å²) in [5.41, 5.74) is -0.875. The van der Waals surface area contributed by atoms with Crippen LogP contribution in [0.5, 0.6) is 11.5 Å². The van der Waals surface area contributed by atoms with Gasteiger partial charge in [0, 0.05) is 4.47 Å². The Morgan fingerprint density at radius 1 is 1.10 bits per heavy atom. The lowest BCUT2D eigenvalue weighted by Crippen LogP contribution is -2.04. The summed E-state index contributed by atoms with van der Waals surface area (Å²) in [5, 5.41) is 8.93. The first-order valence-corrected chi connectivity index (χ1v) is 6.44. The summed E-state index contributed by atoms with van der Waals surface area (Å²) in [6.07, 6.45) is -4.47. The monoisotopic (exact) mass is 360 g/mol. The maximum atomic E-state index is 12.6. The molecule has 0 unspecified atom stereocenters. The fourth-order valence-corrected chi connectivity index (χ4v) is 2.09. The van der Waals surface area contributed by atoms with Crippen molar-refractivity contribution in [3.8, 4) is 11.5 Å². The Hall–Kier alpha value is -2.02. The smallest absolute Gasteiger partial charge is 0.416 e. The SMILES string of the molecule is O=C(O)c1cc(Br)cc(Oc2cccc(C(F)(F)F)c2)c1. The zero-order valence-electron chi connectivity index (χ0n) is 10.3. The normalized spacial score (nSPS) is 11.2. The number of ether oxygens (including phenoxy) is 1. The Balaban J connectivity index is 2.32. The first kappa shape index (κ1) is 15.4. The van der Waals surface area contributed by atoms with Crippen LogP contribution < -0.4 is 4.74 Å². The average Bonchev–Trinajstić information content (AvgIpc) is 2.37. The van der Waals surface area contributed by atoms with Gasteiger partial charge in [-0.1, -0.05) is 22.0 Å². The van der Waals surface area contributed by atoms with Gasteiger partial charge in [0.25, 0.3) is 0 Å². The van der Waals surface area contributed by atoms with Gasteiger partial charge in [-0.05, 0) is 36.4 Å². The second-order valence-electron chi connectivity index (χ2n) is 4.11. The third-order valence-electron chi connectivity index (χ3n) is 2.52. The molecular formula is C14H8BrF3O3. The van der Waals surface area contributed by atoms with Crippen LogP contribution in [0.4, 0.5) is 13.2 Å². The Kier molecular flexibility index (Phi) is 4.22. The van der Waals surface area contributed by atoms with Crippen LogP contribution in [0.15, 0.2) is 46.9 Å². The molecule has 0 fully saturated rings. The van der Waals surface area contributed by atoms with Crippen LogP contribution in [0.25, 0.3) is 0 Å². The largest absolute Gasteiger partial charge is 0.478 e. The number of aromatic carboxylic acids is 1. The van der Waals surface area contributed by atoms with Gasteiger partial charge < -0.3 is 9.84 Å². The number of rotatable bonds is 3. The van der Waals surface area contributed by atoms with E-state index in [1.165, 1.54) is 30.3 Å². The molecule has 0 aliphatic heterocycles. The molecule has 0 aliphatic carbocycles. The van der Waals surface area contributed by atoms with Gasteiger partial charge in [0.2, 0.25) is 0 Å². The molecule has 0 atom stereocenters. The number of halogens is 4. The molecule has 1 N–H and O–H groups in total. The highest BCUT2D eigenvalue weighted by Crippen LogP contribution is 2.33. The lowest BCUT2D eigenvalue weighted by molar-refractivity contribution is -0.137. The molecule has 0 radical (unpaired) electrons. The van der Waals surface area contributed by atoms with Crippen molar-refractivity contribution in [1.82, 2.24) is 0 Å². The maximum Gasteiger partial charge on any atom is 0.416 e. The van der Waals surface area contributed by atoms with Gasteiger partial charge in [-0.15, -0.1) is 0 Å². The molecular weight excluding hydrogens is 353 g/mol. The molecule has 0 heterocycles. The number of hydrogen-bond donors (Lipinski definition) is 1. The van der Waals surface area contributed by atoms with Crippen LogP contribution in [0.1, 0.15) is 15.9 Å². The quantitative estimate of drug-likeness (QED) is 0.841. The Morgan fingerprint density at radius 2 is 1.81 bits per heavy atom. The fourth-order valence-electron chi connectivity index (χ4n) is 1.62. The van der Waals surface area contributed by atoms with Crippen molar-refractivity contribution in [1.29, 1.82) is 0 Å². The molecule has 2 rings (SSSR count). The second kappa shape index (κ2) is 5.77. The zero-order chi connectivity index (χ0) is 15.6. The summed E-state index contributed by atoms with van der Waals surface area (Å²) in [7, 11) is 0. The molecule has 0 aromatic heterocycles. The van der Waals surface area contributed by atoms with Gasteiger partial charge in [-0.25, -0.2) is 4.79 Å². The molecule has 0 aliphatic rings. The van der Waals surface area contributed by atoms with Crippen molar-refractivity contribution < 1.29 is 27.8 Å². The minimum absolute atomic E-state index is 0.0285. The summed E-state index contributed by atoms with van der Waals surface area (Å²) in [6, 6.07) is 8.41. The highest BCUT2D eigenvalue weighted by atomic mass is 79.9. The molecule has 21 heavy (non-hydrogen) atoms. The number of hydrogen-bond acceptors (Lipinski definition) is 2. The fraction of sp³-hybridized carbons (Fsp3) is 0.0714. The number of carboxylic acids is 1. The van der Waals surface area contributed by atoms with Gasteiger partial charge in [-0.3, -0.25) is 0 Å². The Labute approximate surface area is 126 Å². The molecule has 0 amide bonds. The van der Waals surface area contributed by atoms with E-state index < -0.39 is 17.7 Å². The summed E-state index contributed by atoms with van der Waals surface area (Å²) < 4.78 is 43.5. The van der Waals surface area contributed by atoms with Crippen LogP contribution in [0.3, 0.4) is 0 Å². The molecule has 0 spiro atoms. The topological polar surface area (TPSA) is 46.5 Å². The third kappa shape index (κ3) is 3.98.